The fourth-order valence-corrected chi connectivity index (χ4v) is 4.57. The zero-order valence-corrected chi connectivity index (χ0v) is 20.8. The number of rotatable bonds is 12. The summed E-state index contributed by atoms with van der Waals surface area (Å²) >= 11 is 6.50. The largest absolute Gasteiger partial charge is 0.342 e. The topological polar surface area (TPSA) is 64.2 Å². The van der Waals surface area contributed by atoms with Crippen LogP contribution >= 0.6 is 11.6 Å². The number of hydrogen-bond acceptors (Lipinski definition) is 5. The highest BCUT2D eigenvalue weighted by Gasteiger charge is 2.54. The smallest absolute Gasteiger partial charge is 0.240 e. The van der Waals surface area contributed by atoms with Crippen LogP contribution in [0.15, 0.2) is 24.3 Å². The molecule has 1 aliphatic rings. The van der Waals surface area contributed by atoms with E-state index in [4.69, 9.17) is 11.6 Å². The Morgan fingerprint density at radius 3 is 2.25 bits per heavy atom. The molecule has 1 heterocycles. The first-order valence-electron chi connectivity index (χ1n) is 11.4. The summed E-state index contributed by atoms with van der Waals surface area (Å²) in [5, 5.41) is 0.405. The SMILES string of the molecule is CCN(CC)CCN(CC)C(=O)CC1(c2ccccc2Cl)CC(=O)N(CCN(C)C)C1=O. The molecule has 3 amide bonds. The summed E-state index contributed by atoms with van der Waals surface area (Å²) in [6.45, 7) is 10.7. The number of likely N-dealkylation sites (N-methyl/N-ethyl adjacent to an activating group) is 3. The maximum absolute atomic E-state index is 13.7. The lowest BCUT2D eigenvalue weighted by Crippen LogP contribution is -2.46. The van der Waals surface area contributed by atoms with Gasteiger partial charge >= 0.3 is 0 Å². The Morgan fingerprint density at radius 2 is 1.69 bits per heavy atom. The Balaban J connectivity index is 2.35. The van der Waals surface area contributed by atoms with E-state index >= 15 is 0 Å². The number of amides is 3. The molecule has 1 fully saturated rings. The number of nitrogens with zero attached hydrogens (tertiary/aromatic N) is 4. The summed E-state index contributed by atoms with van der Waals surface area (Å²) in [6, 6.07) is 7.06. The lowest BCUT2D eigenvalue weighted by Gasteiger charge is -2.32. The number of imide groups is 1. The zero-order chi connectivity index (χ0) is 23.9. The maximum atomic E-state index is 13.7. The van der Waals surface area contributed by atoms with Crippen LogP contribution in [0.25, 0.3) is 0 Å². The molecule has 1 aromatic rings. The molecular weight excluding hydrogens is 428 g/mol. The van der Waals surface area contributed by atoms with Crippen molar-refractivity contribution >= 4 is 29.3 Å². The van der Waals surface area contributed by atoms with E-state index in [1.165, 1.54) is 4.90 Å². The molecule has 2 rings (SSSR count). The van der Waals surface area contributed by atoms with Crippen molar-refractivity contribution in [3.8, 4) is 0 Å². The first kappa shape index (κ1) is 26.3. The van der Waals surface area contributed by atoms with E-state index in [2.05, 4.69) is 18.7 Å². The van der Waals surface area contributed by atoms with E-state index in [9.17, 15) is 14.4 Å². The van der Waals surface area contributed by atoms with Crippen LogP contribution in [0.4, 0.5) is 0 Å². The minimum absolute atomic E-state index is 0.0394. The molecule has 1 unspecified atom stereocenters. The second-order valence-electron chi connectivity index (χ2n) is 8.57. The van der Waals surface area contributed by atoms with E-state index in [-0.39, 0.29) is 30.6 Å². The number of carbonyl (C=O) groups is 3. The molecule has 1 saturated heterocycles. The predicted octanol–water partition coefficient (Wildman–Crippen LogP) is 2.48. The average molecular weight is 465 g/mol. The lowest BCUT2D eigenvalue weighted by atomic mass is 9.75. The van der Waals surface area contributed by atoms with Gasteiger partial charge in [0.15, 0.2) is 0 Å². The second kappa shape index (κ2) is 11.8. The molecule has 178 valence electrons. The number of carbonyl (C=O) groups excluding carboxylic acids is 3. The van der Waals surface area contributed by atoms with Gasteiger partial charge in [-0.15, -0.1) is 0 Å². The van der Waals surface area contributed by atoms with Crippen LogP contribution in [0, 0.1) is 0 Å². The van der Waals surface area contributed by atoms with Crippen molar-refractivity contribution in [1.82, 2.24) is 19.6 Å². The molecule has 0 bridgehead atoms. The summed E-state index contributed by atoms with van der Waals surface area (Å²) in [5.74, 6) is -0.712. The molecule has 0 spiro atoms. The van der Waals surface area contributed by atoms with E-state index in [1.54, 1.807) is 29.2 Å². The highest BCUT2D eigenvalue weighted by molar-refractivity contribution is 6.32. The van der Waals surface area contributed by atoms with Gasteiger partial charge in [-0.05, 0) is 45.7 Å². The molecule has 0 aromatic heterocycles. The van der Waals surface area contributed by atoms with Crippen LogP contribution in [-0.4, -0.2) is 97.2 Å². The van der Waals surface area contributed by atoms with E-state index in [0.29, 0.717) is 36.8 Å². The van der Waals surface area contributed by atoms with E-state index in [1.807, 2.05) is 25.9 Å². The van der Waals surface area contributed by atoms with Crippen molar-refractivity contribution in [3.63, 3.8) is 0 Å². The van der Waals surface area contributed by atoms with Crippen LogP contribution in [0.1, 0.15) is 39.2 Å². The fourth-order valence-electron chi connectivity index (χ4n) is 4.25. The van der Waals surface area contributed by atoms with Crippen LogP contribution in [-0.2, 0) is 19.8 Å². The molecule has 0 radical (unpaired) electrons. The Kier molecular flexibility index (Phi) is 9.67. The highest BCUT2D eigenvalue weighted by atomic mass is 35.5. The van der Waals surface area contributed by atoms with Gasteiger partial charge in [0.1, 0.15) is 0 Å². The van der Waals surface area contributed by atoms with Crippen molar-refractivity contribution in [2.45, 2.75) is 39.0 Å². The Hall–Kier alpha value is -1.96. The van der Waals surface area contributed by atoms with Crippen molar-refractivity contribution in [2.24, 2.45) is 0 Å². The third kappa shape index (κ3) is 5.88. The molecule has 1 aliphatic heterocycles. The first-order chi connectivity index (χ1) is 15.2. The summed E-state index contributed by atoms with van der Waals surface area (Å²) in [6.07, 6.45) is -0.103. The van der Waals surface area contributed by atoms with Crippen LogP contribution in [0.2, 0.25) is 5.02 Å². The number of hydrogen-bond donors (Lipinski definition) is 0. The summed E-state index contributed by atoms with van der Waals surface area (Å²) in [7, 11) is 3.79. The molecule has 7 nitrogen and oxygen atoms in total. The summed E-state index contributed by atoms with van der Waals surface area (Å²) in [5.41, 5.74) is -0.706. The van der Waals surface area contributed by atoms with Gasteiger partial charge in [-0.2, -0.15) is 0 Å². The lowest BCUT2D eigenvalue weighted by molar-refractivity contribution is -0.142. The molecule has 1 aromatic carbocycles. The standard InChI is InChI=1S/C24H37ClN4O3/c1-6-27(7-2)14-15-28(8-3)21(30)17-24(19-11-9-10-12-20(19)25)18-22(31)29(23(24)32)16-13-26(4)5/h9-12H,6-8,13-18H2,1-5H3. The average Bonchev–Trinajstić information content (AvgIpc) is 2.99. The van der Waals surface area contributed by atoms with E-state index in [0.717, 1.165) is 19.6 Å². The second-order valence-corrected chi connectivity index (χ2v) is 8.98. The number of halogens is 1. The van der Waals surface area contributed by atoms with Gasteiger partial charge in [0.25, 0.3) is 0 Å². The highest BCUT2D eigenvalue weighted by Crippen LogP contribution is 2.43. The van der Waals surface area contributed by atoms with Crippen molar-refractivity contribution in [3.05, 3.63) is 34.9 Å². The van der Waals surface area contributed by atoms with Gasteiger partial charge in [0.05, 0.1) is 5.41 Å². The maximum Gasteiger partial charge on any atom is 0.240 e. The predicted molar refractivity (Wildman–Crippen MR) is 128 cm³/mol. The van der Waals surface area contributed by atoms with Crippen molar-refractivity contribution in [1.29, 1.82) is 0 Å². The summed E-state index contributed by atoms with van der Waals surface area (Å²) in [4.78, 5) is 47.2. The Bertz CT molecular complexity index is 812. The van der Waals surface area contributed by atoms with E-state index < -0.39 is 5.41 Å². The van der Waals surface area contributed by atoms with Gasteiger partial charge in [-0.3, -0.25) is 19.3 Å². The number of benzene rings is 1. The molecular formula is C24H37ClN4O3. The first-order valence-corrected chi connectivity index (χ1v) is 11.8. The quantitative estimate of drug-likeness (QED) is 0.445. The van der Waals surface area contributed by atoms with Gasteiger partial charge in [0.2, 0.25) is 17.7 Å². The van der Waals surface area contributed by atoms with Gasteiger partial charge < -0.3 is 14.7 Å². The van der Waals surface area contributed by atoms with Gasteiger partial charge in [-0.25, -0.2) is 0 Å². The monoisotopic (exact) mass is 464 g/mol. The van der Waals surface area contributed by atoms with Crippen LogP contribution in [0.3, 0.4) is 0 Å². The van der Waals surface area contributed by atoms with Crippen LogP contribution < -0.4 is 0 Å². The molecule has 0 N–H and O–H groups in total. The molecule has 8 heteroatoms. The molecule has 32 heavy (non-hydrogen) atoms. The normalized spacial score (nSPS) is 18.8. The zero-order valence-electron chi connectivity index (χ0n) is 20.1. The van der Waals surface area contributed by atoms with Crippen molar-refractivity contribution in [2.75, 3.05) is 59.9 Å². The van der Waals surface area contributed by atoms with Gasteiger partial charge in [0, 0.05) is 50.6 Å². The van der Waals surface area contributed by atoms with Crippen LogP contribution in [0.5, 0.6) is 0 Å². The van der Waals surface area contributed by atoms with Crippen molar-refractivity contribution < 1.29 is 14.4 Å². The molecule has 0 aliphatic carbocycles. The fraction of sp³-hybridized carbons (Fsp3) is 0.625. The number of likely N-dealkylation sites (tertiary alicyclic amines) is 1. The summed E-state index contributed by atoms with van der Waals surface area (Å²) < 4.78 is 0. The third-order valence-electron chi connectivity index (χ3n) is 6.34. The minimum Gasteiger partial charge on any atom is -0.342 e. The Morgan fingerprint density at radius 1 is 1.03 bits per heavy atom. The third-order valence-corrected chi connectivity index (χ3v) is 6.67. The Labute approximate surface area is 197 Å². The molecule has 1 atom stereocenters. The van der Waals surface area contributed by atoms with Gasteiger partial charge in [-0.1, -0.05) is 43.6 Å². The molecule has 0 saturated carbocycles. The minimum atomic E-state index is -1.26.